The van der Waals surface area contributed by atoms with Gasteiger partial charge >= 0.3 is 0 Å². The first-order valence-corrected chi connectivity index (χ1v) is 7.79. The van der Waals surface area contributed by atoms with Crippen LogP contribution in [0.2, 0.25) is 5.02 Å². The van der Waals surface area contributed by atoms with Gasteiger partial charge in [-0.2, -0.15) is 0 Å². The largest absolute Gasteiger partial charge is 0.310 e. The smallest absolute Gasteiger partial charge is 0.192 e. The first-order valence-electron chi connectivity index (χ1n) is 6.59. The van der Waals surface area contributed by atoms with Gasteiger partial charge in [-0.15, -0.1) is 0 Å². The Morgan fingerprint density at radius 2 is 2.00 bits per heavy atom. The van der Waals surface area contributed by atoms with Crippen LogP contribution >= 0.6 is 23.4 Å². The highest BCUT2D eigenvalue weighted by Gasteiger charge is 2.10. The second-order valence-corrected chi connectivity index (χ2v) is 6.06. The quantitative estimate of drug-likeness (QED) is 0.838. The van der Waals surface area contributed by atoms with Crippen molar-refractivity contribution in [3.8, 4) is 0 Å². The van der Waals surface area contributed by atoms with Crippen molar-refractivity contribution in [2.75, 3.05) is 6.54 Å². The summed E-state index contributed by atoms with van der Waals surface area (Å²) in [4.78, 5) is 9.62. The number of aryl methyl sites for hydroxylation is 1. The summed E-state index contributed by atoms with van der Waals surface area (Å²) < 4.78 is 0. The lowest BCUT2D eigenvalue weighted by Crippen LogP contribution is -2.17. The van der Waals surface area contributed by atoms with Gasteiger partial charge in [0.1, 0.15) is 0 Å². The van der Waals surface area contributed by atoms with Gasteiger partial charge in [0.25, 0.3) is 0 Å². The van der Waals surface area contributed by atoms with E-state index in [-0.39, 0.29) is 6.04 Å². The van der Waals surface area contributed by atoms with Gasteiger partial charge in [0.2, 0.25) is 0 Å². The molecule has 0 radical (unpaired) electrons. The van der Waals surface area contributed by atoms with Crippen molar-refractivity contribution in [3.05, 3.63) is 46.7 Å². The second kappa shape index (κ2) is 7.07. The molecule has 0 fully saturated rings. The monoisotopic (exact) mass is 307 g/mol. The minimum atomic E-state index is 0.252. The summed E-state index contributed by atoms with van der Waals surface area (Å²) in [5.74, 6) is 0. The van der Waals surface area contributed by atoms with Crippen molar-refractivity contribution in [2.24, 2.45) is 0 Å². The van der Waals surface area contributed by atoms with Crippen LogP contribution in [0.3, 0.4) is 0 Å². The molecular formula is C15H18ClN3S. The van der Waals surface area contributed by atoms with E-state index >= 15 is 0 Å². The Morgan fingerprint density at radius 1 is 1.30 bits per heavy atom. The molecule has 20 heavy (non-hydrogen) atoms. The molecule has 1 aromatic carbocycles. The molecule has 0 aliphatic rings. The third-order valence-corrected chi connectivity index (χ3v) is 4.13. The van der Waals surface area contributed by atoms with E-state index in [0.29, 0.717) is 0 Å². The van der Waals surface area contributed by atoms with Crippen molar-refractivity contribution < 1.29 is 0 Å². The zero-order chi connectivity index (χ0) is 14.5. The van der Waals surface area contributed by atoms with Gasteiger partial charge in [0.05, 0.1) is 0 Å². The number of nitrogens with zero attached hydrogens (tertiary/aromatic N) is 2. The maximum Gasteiger partial charge on any atom is 0.192 e. The molecule has 2 aromatic rings. The van der Waals surface area contributed by atoms with Gasteiger partial charge in [-0.05, 0) is 55.4 Å². The van der Waals surface area contributed by atoms with E-state index < -0.39 is 0 Å². The number of benzene rings is 1. The molecule has 0 aliphatic carbocycles. The molecule has 1 aromatic heterocycles. The summed E-state index contributed by atoms with van der Waals surface area (Å²) in [6, 6.07) is 6.34. The highest BCUT2D eigenvalue weighted by atomic mass is 35.5. The lowest BCUT2D eigenvalue weighted by molar-refractivity contribution is 0.598. The topological polar surface area (TPSA) is 37.8 Å². The molecule has 0 saturated carbocycles. The summed E-state index contributed by atoms with van der Waals surface area (Å²) >= 11 is 7.87. The SMILES string of the molecule is CCNC(C)c1ccc(Sc2ncc(C)cn2)cc1Cl. The normalized spacial score (nSPS) is 12.4. The fourth-order valence-electron chi connectivity index (χ4n) is 1.88. The Morgan fingerprint density at radius 3 is 2.60 bits per heavy atom. The molecule has 0 saturated heterocycles. The second-order valence-electron chi connectivity index (χ2n) is 4.61. The summed E-state index contributed by atoms with van der Waals surface area (Å²) in [5, 5.41) is 4.87. The average Bonchev–Trinajstić information content (AvgIpc) is 2.42. The molecule has 106 valence electrons. The molecule has 2 rings (SSSR count). The summed E-state index contributed by atoms with van der Waals surface area (Å²) in [6.45, 7) is 7.09. The highest BCUT2D eigenvalue weighted by Crippen LogP contribution is 2.31. The zero-order valence-corrected chi connectivity index (χ0v) is 13.4. The molecule has 1 N–H and O–H groups in total. The van der Waals surface area contributed by atoms with Gasteiger partial charge < -0.3 is 5.32 Å². The van der Waals surface area contributed by atoms with Crippen LogP contribution in [0.1, 0.15) is 31.0 Å². The van der Waals surface area contributed by atoms with Crippen LogP contribution in [0.5, 0.6) is 0 Å². The van der Waals surface area contributed by atoms with Gasteiger partial charge in [0, 0.05) is 28.4 Å². The lowest BCUT2D eigenvalue weighted by Gasteiger charge is -2.15. The van der Waals surface area contributed by atoms with E-state index in [0.717, 1.165) is 32.7 Å². The van der Waals surface area contributed by atoms with E-state index in [1.807, 2.05) is 25.4 Å². The van der Waals surface area contributed by atoms with Crippen molar-refractivity contribution in [3.63, 3.8) is 0 Å². The van der Waals surface area contributed by atoms with Gasteiger partial charge in [-0.3, -0.25) is 0 Å². The molecule has 1 unspecified atom stereocenters. The molecule has 0 amide bonds. The van der Waals surface area contributed by atoms with Crippen LogP contribution in [0.4, 0.5) is 0 Å². The number of nitrogens with one attached hydrogen (secondary N) is 1. The first-order chi connectivity index (χ1) is 9.60. The minimum Gasteiger partial charge on any atom is -0.310 e. The zero-order valence-electron chi connectivity index (χ0n) is 11.9. The Balaban J connectivity index is 2.14. The molecule has 5 heteroatoms. The lowest BCUT2D eigenvalue weighted by atomic mass is 10.1. The number of halogens is 1. The van der Waals surface area contributed by atoms with E-state index in [4.69, 9.17) is 11.6 Å². The van der Waals surface area contributed by atoms with Crippen molar-refractivity contribution in [1.29, 1.82) is 0 Å². The third kappa shape index (κ3) is 3.95. The first kappa shape index (κ1) is 15.3. The van der Waals surface area contributed by atoms with Gasteiger partial charge in [-0.1, -0.05) is 24.6 Å². The standard InChI is InChI=1S/C15H18ClN3S/c1-4-17-11(3)13-6-5-12(7-14(13)16)20-15-18-8-10(2)9-19-15/h5-9,11,17H,4H2,1-3H3. The van der Waals surface area contributed by atoms with Crippen LogP contribution < -0.4 is 5.32 Å². The summed E-state index contributed by atoms with van der Waals surface area (Å²) in [6.07, 6.45) is 3.64. The molecule has 1 heterocycles. The Hall–Kier alpha value is -1.10. The maximum absolute atomic E-state index is 6.36. The van der Waals surface area contributed by atoms with E-state index in [1.54, 1.807) is 0 Å². The van der Waals surface area contributed by atoms with E-state index in [1.165, 1.54) is 11.8 Å². The molecule has 0 spiro atoms. The predicted molar refractivity (Wildman–Crippen MR) is 84.4 cm³/mol. The van der Waals surface area contributed by atoms with Crippen molar-refractivity contribution in [2.45, 2.75) is 36.9 Å². The Kier molecular flexibility index (Phi) is 5.40. The van der Waals surface area contributed by atoms with E-state index in [9.17, 15) is 0 Å². The number of hydrogen-bond donors (Lipinski definition) is 1. The van der Waals surface area contributed by atoms with Gasteiger partial charge in [-0.25, -0.2) is 9.97 Å². The molecule has 0 bridgehead atoms. The van der Waals surface area contributed by atoms with E-state index in [2.05, 4.69) is 41.3 Å². The maximum atomic E-state index is 6.36. The fourth-order valence-corrected chi connectivity index (χ4v) is 3.02. The van der Waals surface area contributed by atoms with Crippen molar-refractivity contribution in [1.82, 2.24) is 15.3 Å². The number of rotatable bonds is 5. The van der Waals surface area contributed by atoms with Gasteiger partial charge in [0.15, 0.2) is 5.16 Å². The third-order valence-electron chi connectivity index (χ3n) is 2.92. The van der Waals surface area contributed by atoms with Crippen LogP contribution in [-0.4, -0.2) is 16.5 Å². The van der Waals surface area contributed by atoms with Crippen LogP contribution in [-0.2, 0) is 0 Å². The van der Waals surface area contributed by atoms with Crippen LogP contribution in [0, 0.1) is 6.92 Å². The highest BCUT2D eigenvalue weighted by molar-refractivity contribution is 7.99. The Labute approximate surface area is 129 Å². The number of hydrogen-bond acceptors (Lipinski definition) is 4. The van der Waals surface area contributed by atoms with Crippen molar-refractivity contribution >= 4 is 23.4 Å². The molecule has 1 atom stereocenters. The molecular weight excluding hydrogens is 290 g/mol. The number of aromatic nitrogens is 2. The molecule has 3 nitrogen and oxygen atoms in total. The average molecular weight is 308 g/mol. The predicted octanol–water partition coefficient (Wildman–Crippen LogP) is 4.26. The summed E-state index contributed by atoms with van der Waals surface area (Å²) in [5.41, 5.74) is 2.17. The van der Waals surface area contributed by atoms with Crippen LogP contribution in [0.25, 0.3) is 0 Å². The molecule has 0 aliphatic heterocycles. The van der Waals surface area contributed by atoms with Crippen LogP contribution in [0.15, 0.2) is 40.6 Å². The Bertz CT molecular complexity index is 572. The summed E-state index contributed by atoms with van der Waals surface area (Å²) in [7, 11) is 0. The minimum absolute atomic E-state index is 0.252. The fraction of sp³-hybridized carbons (Fsp3) is 0.333.